The molecular weight excluding hydrogens is 420 g/mol. The summed E-state index contributed by atoms with van der Waals surface area (Å²) < 4.78 is 10.9. The fourth-order valence-electron chi connectivity index (χ4n) is 4.15. The Morgan fingerprint density at radius 3 is 2.26 bits per heavy atom. The van der Waals surface area contributed by atoms with Gasteiger partial charge in [0.05, 0.1) is 19.8 Å². The van der Waals surface area contributed by atoms with E-state index in [-0.39, 0.29) is 0 Å². The lowest BCUT2D eigenvalue weighted by atomic mass is 9.90. The highest BCUT2D eigenvalue weighted by Crippen LogP contribution is 2.34. The standard InChI is InChI=1S/C24H29ClO6/c25-19-8-7-17(24-23(29)22(28)21(27)20(11-26)31-24)10-18(19)9-15-4-1-14(2-5-15)3-6-16-12-30-13-16/h1-2,4-5,7-8,10,16,20-24,26-29H,3,6,9,11-13H2/t20-,21-,22+,23-,24+/m1/s1. The maximum absolute atomic E-state index is 10.4. The van der Waals surface area contributed by atoms with Crippen LogP contribution in [0.4, 0.5) is 0 Å². The number of aryl methyl sites for hydroxylation is 1. The van der Waals surface area contributed by atoms with Crippen molar-refractivity contribution >= 4 is 11.6 Å². The molecule has 2 aliphatic heterocycles. The maximum Gasteiger partial charge on any atom is 0.113 e. The molecule has 0 unspecified atom stereocenters. The summed E-state index contributed by atoms with van der Waals surface area (Å²) in [6.45, 7) is 1.30. The van der Waals surface area contributed by atoms with Crippen LogP contribution in [0, 0.1) is 5.92 Å². The number of ether oxygens (including phenoxy) is 2. The highest BCUT2D eigenvalue weighted by atomic mass is 35.5. The zero-order valence-corrected chi connectivity index (χ0v) is 18.0. The molecule has 2 aromatic carbocycles. The Hall–Kier alpha value is -1.51. The molecule has 2 aromatic rings. The minimum atomic E-state index is -1.41. The maximum atomic E-state index is 10.4. The van der Waals surface area contributed by atoms with Gasteiger partial charge in [-0.05, 0) is 47.6 Å². The van der Waals surface area contributed by atoms with Crippen LogP contribution in [0.2, 0.25) is 5.02 Å². The predicted molar refractivity (Wildman–Crippen MR) is 116 cm³/mol. The molecule has 5 atom stereocenters. The molecule has 0 saturated carbocycles. The third kappa shape index (κ3) is 5.12. The van der Waals surface area contributed by atoms with Gasteiger partial charge < -0.3 is 29.9 Å². The number of hydrogen-bond donors (Lipinski definition) is 4. The van der Waals surface area contributed by atoms with Gasteiger partial charge in [-0.3, -0.25) is 0 Å². The molecule has 0 spiro atoms. The zero-order chi connectivity index (χ0) is 22.0. The number of aliphatic hydroxyl groups is 4. The second-order valence-electron chi connectivity index (χ2n) is 8.54. The number of benzene rings is 2. The van der Waals surface area contributed by atoms with Gasteiger partial charge in [0.2, 0.25) is 0 Å². The van der Waals surface area contributed by atoms with E-state index in [4.69, 9.17) is 21.1 Å². The third-order valence-electron chi connectivity index (χ3n) is 6.26. The molecular formula is C24H29ClO6. The van der Waals surface area contributed by atoms with E-state index >= 15 is 0 Å². The molecule has 0 radical (unpaired) electrons. The first-order valence-electron chi connectivity index (χ1n) is 10.7. The molecule has 2 saturated heterocycles. The molecule has 4 N–H and O–H groups in total. The molecule has 168 valence electrons. The summed E-state index contributed by atoms with van der Waals surface area (Å²) in [4.78, 5) is 0. The van der Waals surface area contributed by atoms with Gasteiger partial charge in [0, 0.05) is 10.9 Å². The van der Waals surface area contributed by atoms with E-state index in [0.29, 0.717) is 22.9 Å². The van der Waals surface area contributed by atoms with Crippen molar-refractivity contribution in [1.29, 1.82) is 0 Å². The fraction of sp³-hybridized carbons (Fsp3) is 0.500. The molecule has 0 amide bonds. The van der Waals surface area contributed by atoms with Gasteiger partial charge >= 0.3 is 0 Å². The first-order chi connectivity index (χ1) is 15.0. The summed E-state index contributed by atoms with van der Waals surface area (Å²) in [6, 6.07) is 13.8. The Kier molecular flexibility index (Phi) is 7.29. The summed E-state index contributed by atoms with van der Waals surface area (Å²) in [5.74, 6) is 0.684. The highest BCUT2D eigenvalue weighted by Gasteiger charge is 2.44. The Morgan fingerprint density at radius 2 is 1.61 bits per heavy atom. The molecule has 2 aliphatic rings. The topological polar surface area (TPSA) is 99.4 Å². The van der Waals surface area contributed by atoms with Crippen LogP contribution < -0.4 is 0 Å². The largest absolute Gasteiger partial charge is 0.394 e. The van der Waals surface area contributed by atoms with Gasteiger partial charge in [0.25, 0.3) is 0 Å². The summed E-state index contributed by atoms with van der Waals surface area (Å²) in [5.41, 5.74) is 3.92. The van der Waals surface area contributed by atoms with E-state index < -0.39 is 37.1 Å². The lowest BCUT2D eigenvalue weighted by Crippen LogP contribution is -2.55. The normalized spacial score (nSPS) is 29.0. The van der Waals surface area contributed by atoms with Gasteiger partial charge in [-0.1, -0.05) is 48.0 Å². The lowest BCUT2D eigenvalue weighted by Gasteiger charge is -2.40. The van der Waals surface area contributed by atoms with Crippen LogP contribution >= 0.6 is 11.6 Å². The summed E-state index contributed by atoms with van der Waals surface area (Å²) in [5, 5.41) is 40.5. The summed E-state index contributed by atoms with van der Waals surface area (Å²) >= 11 is 6.42. The van der Waals surface area contributed by atoms with Gasteiger partial charge in [0.1, 0.15) is 30.5 Å². The third-order valence-corrected chi connectivity index (χ3v) is 6.63. The number of halogens is 1. The van der Waals surface area contributed by atoms with Crippen LogP contribution in [0.5, 0.6) is 0 Å². The Labute approximate surface area is 187 Å². The average Bonchev–Trinajstić information content (AvgIpc) is 2.74. The summed E-state index contributed by atoms with van der Waals surface area (Å²) in [7, 11) is 0. The first kappa shape index (κ1) is 22.7. The molecule has 7 heteroatoms. The molecule has 0 aromatic heterocycles. The minimum Gasteiger partial charge on any atom is -0.394 e. The molecule has 0 aliphatic carbocycles. The van der Waals surface area contributed by atoms with Gasteiger partial charge in [-0.25, -0.2) is 0 Å². The van der Waals surface area contributed by atoms with E-state index in [0.717, 1.165) is 37.2 Å². The van der Waals surface area contributed by atoms with Crippen molar-refractivity contribution in [3.63, 3.8) is 0 Å². The van der Waals surface area contributed by atoms with E-state index in [1.165, 1.54) is 5.56 Å². The molecule has 6 nitrogen and oxygen atoms in total. The highest BCUT2D eigenvalue weighted by molar-refractivity contribution is 6.31. The van der Waals surface area contributed by atoms with Crippen molar-refractivity contribution < 1.29 is 29.9 Å². The molecule has 31 heavy (non-hydrogen) atoms. The second-order valence-corrected chi connectivity index (χ2v) is 8.94. The molecule has 2 fully saturated rings. The van der Waals surface area contributed by atoms with Crippen LogP contribution in [0.1, 0.15) is 34.8 Å². The van der Waals surface area contributed by atoms with Crippen molar-refractivity contribution in [2.24, 2.45) is 5.92 Å². The molecule has 2 heterocycles. The number of aliphatic hydroxyl groups excluding tert-OH is 4. The van der Waals surface area contributed by atoms with Crippen LogP contribution in [0.15, 0.2) is 42.5 Å². The second kappa shape index (κ2) is 9.96. The lowest BCUT2D eigenvalue weighted by molar-refractivity contribution is -0.231. The van der Waals surface area contributed by atoms with Crippen molar-refractivity contribution in [3.8, 4) is 0 Å². The van der Waals surface area contributed by atoms with Crippen LogP contribution in [-0.4, -0.2) is 64.7 Å². The van der Waals surface area contributed by atoms with Crippen molar-refractivity contribution in [2.75, 3.05) is 19.8 Å². The average molecular weight is 449 g/mol. The molecule has 0 bridgehead atoms. The van der Waals surface area contributed by atoms with Crippen LogP contribution in [0.3, 0.4) is 0 Å². The smallest absolute Gasteiger partial charge is 0.113 e. The monoisotopic (exact) mass is 448 g/mol. The van der Waals surface area contributed by atoms with E-state index in [9.17, 15) is 20.4 Å². The Balaban J connectivity index is 1.46. The summed E-state index contributed by atoms with van der Waals surface area (Å²) in [6.07, 6.45) is -3.11. The zero-order valence-electron chi connectivity index (χ0n) is 17.2. The van der Waals surface area contributed by atoms with Crippen LogP contribution in [0.25, 0.3) is 0 Å². The van der Waals surface area contributed by atoms with Gasteiger partial charge in [-0.2, -0.15) is 0 Å². The van der Waals surface area contributed by atoms with Gasteiger partial charge in [0.15, 0.2) is 0 Å². The van der Waals surface area contributed by atoms with Crippen molar-refractivity contribution in [3.05, 3.63) is 69.7 Å². The van der Waals surface area contributed by atoms with E-state index in [1.54, 1.807) is 12.1 Å². The number of rotatable bonds is 7. The quantitative estimate of drug-likeness (QED) is 0.517. The van der Waals surface area contributed by atoms with Crippen molar-refractivity contribution in [2.45, 2.75) is 49.8 Å². The van der Waals surface area contributed by atoms with E-state index in [1.807, 2.05) is 6.07 Å². The van der Waals surface area contributed by atoms with Gasteiger partial charge in [-0.15, -0.1) is 0 Å². The number of hydrogen-bond acceptors (Lipinski definition) is 6. The Bertz CT molecular complexity index is 867. The van der Waals surface area contributed by atoms with E-state index in [2.05, 4.69) is 24.3 Å². The first-order valence-corrected chi connectivity index (χ1v) is 11.1. The minimum absolute atomic E-state index is 0.456. The van der Waals surface area contributed by atoms with Crippen LogP contribution in [-0.2, 0) is 22.3 Å². The predicted octanol–water partition coefficient (Wildman–Crippen LogP) is 2.02. The van der Waals surface area contributed by atoms with Crippen molar-refractivity contribution in [1.82, 2.24) is 0 Å². The SMILES string of the molecule is OC[C@H]1O[C@@H](c2ccc(Cl)c(Cc3ccc(CCC4COC4)cc3)c2)[C@H](O)[C@@H](O)[C@@H]1O. The molecule has 4 rings (SSSR count). The fourth-order valence-corrected chi connectivity index (χ4v) is 4.33. The Morgan fingerprint density at radius 1 is 0.903 bits per heavy atom.